The van der Waals surface area contributed by atoms with Crippen LogP contribution >= 0.6 is 11.3 Å². The number of guanidine groups is 1. The molecule has 23 heavy (non-hydrogen) atoms. The Morgan fingerprint density at radius 1 is 1.43 bits per heavy atom. The van der Waals surface area contributed by atoms with Gasteiger partial charge in [-0.05, 0) is 6.42 Å². The quantitative estimate of drug-likeness (QED) is 0.454. The number of hydrogen-bond acceptors (Lipinski definition) is 5. The molecule has 0 saturated carbocycles. The molecule has 8 heteroatoms. The standard InChI is InChI=1S/C15H26N6OS/c1-12(2)13(22)17-4-3-5-18-14(16)20-7-9-21(10-8-20)15-19-6-11-23-15/h6,11-12H,3-5,7-10H2,1-2H3,(H2,16,18)(H,17,22). The van der Waals surface area contributed by atoms with E-state index in [1.54, 1.807) is 11.3 Å². The van der Waals surface area contributed by atoms with Crippen molar-refractivity contribution in [2.45, 2.75) is 20.3 Å². The van der Waals surface area contributed by atoms with Gasteiger partial charge in [0.05, 0.1) is 0 Å². The number of anilines is 1. The number of piperazine rings is 1. The highest BCUT2D eigenvalue weighted by Gasteiger charge is 2.19. The molecular weight excluding hydrogens is 312 g/mol. The molecule has 1 aliphatic heterocycles. The third-order valence-electron chi connectivity index (χ3n) is 3.73. The highest BCUT2D eigenvalue weighted by molar-refractivity contribution is 7.13. The van der Waals surface area contributed by atoms with Gasteiger partial charge in [-0.1, -0.05) is 13.8 Å². The number of nitrogens with two attached hydrogens (primary N) is 1. The van der Waals surface area contributed by atoms with Crippen LogP contribution in [0.1, 0.15) is 20.3 Å². The Morgan fingerprint density at radius 3 is 2.78 bits per heavy atom. The van der Waals surface area contributed by atoms with Crippen LogP contribution in [0.15, 0.2) is 16.6 Å². The van der Waals surface area contributed by atoms with Crippen LogP contribution in [0.4, 0.5) is 5.13 Å². The number of carbonyl (C=O) groups excluding carboxylic acids is 1. The predicted octanol–water partition coefficient (Wildman–Crippen LogP) is 0.742. The molecule has 0 bridgehead atoms. The lowest BCUT2D eigenvalue weighted by Crippen LogP contribution is -2.51. The van der Waals surface area contributed by atoms with E-state index < -0.39 is 0 Å². The molecule has 3 N–H and O–H groups in total. The smallest absolute Gasteiger partial charge is 0.222 e. The summed E-state index contributed by atoms with van der Waals surface area (Å²) in [6.45, 7) is 8.59. The van der Waals surface area contributed by atoms with E-state index in [9.17, 15) is 4.79 Å². The van der Waals surface area contributed by atoms with Gasteiger partial charge >= 0.3 is 0 Å². The minimum Gasteiger partial charge on any atom is -0.370 e. The summed E-state index contributed by atoms with van der Waals surface area (Å²) in [5.74, 6) is 0.705. The third kappa shape index (κ3) is 5.38. The Balaban J connectivity index is 1.66. The maximum Gasteiger partial charge on any atom is 0.222 e. The monoisotopic (exact) mass is 338 g/mol. The molecule has 1 saturated heterocycles. The number of nitrogens with one attached hydrogen (secondary N) is 1. The molecule has 1 fully saturated rings. The van der Waals surface area contributed by atoms with E-state index >= 15 is 0 Å². The summed E-state index contributed by atoms with van der Waals surface area (Å²) >= 11 is 1.66. The maximum absolute atomic E-state index is 11.4. The molecule has 1 aliphatic rings. The van der Waals surface area contributed by atoms with Crippen molar-refractivity contribution >= 4 is 28.3 Å². The summed E-state index contributed by atoms with van der Waals surface area (Å²) in [5.41, 5.74) is 6.06. The zero-order valence-electron chi connectivity index (χ0n) is 13.9. The fourth-order valence-corrected chi connectivity index (χ4v) is 2.98. The van der Waals surface area contributed by atoms with Crippen LogP contribution in [-0.2, 0) is 4.79 Å². The average Bonchev–Trinajstić information content (AvgIpc) is 3.08. The SMILES string of the molecule is CC(C)C(=O)NCCCN=C(N)N1CCN(c2nccs2)CC1. The zero-order chi connectivity index (χ0) is 16.7. The van der Waals surface area contributed by atoms with Crippen molar-refractivity contribution in [3.63, 3.8) is 0 Å². The fraction of sp³-hybridized carbons (Fsp3) is 0.667. The fourth-order valence-electron chi connectivity index (χ4n) is 2.29. The highest BCUT2D eigenvalue weighted by atomic mass is 32.1. The van der Waals surface area contributed by atoms with Gasteiger partial charge < -0.3 is 20.9 Å². The van der Waals surface area contributed by atoms with Crippen molar-refractivity contribution in [2.75, 3.05) is 44.2 Å². The van der Waals surface area contributed by atoms with Crippen molar-refractivity contribution in [1.82, 2.24) is 15.2 Å². The van der Waals surface area contributed by atoms with Crippen molar-refractivity contribution in [1.29, 1.82) is 0 Å². The number of aliphatic imine (C=N–C) groups is 1. The molecule has 2 heterocycles. The van der Waals surface area contributed by atoms with Gasteiger partial charge in [0.25, 0.3) is 0 Å². The van der Waals surface area contributed by atoms with E-state index in [-0.39, 0.29) is 11.8 Å². The highest BCUT2D eigenvalue weighted by Crippen LogP contribution is 2.18. The molecule has 0 radical (unpaired) electrons. The summed E-state index contributed by atoms with van der Waals surface area (Å²) in [6, 6.07) is 0. The molecule has 0 atom stereocenters. The topological polar surface area (TPSA) is 86.8 Å². The Bertz CT molecular complexity index is 508. The van der Waals surface area contributed by atoms with Gasteiger partial charge in [-0.3, -0.25) is 9.79 Å². The third-order valence-corrected chi connectivity index (χ3v) is 4.56. The Kier molecular flexibility index (Phi) is 6.64. The summed E-state index contributed by atoms with van der Waals surface area (Å²) < 4.78 is 0. The first kappa shape index (κ1) is 17.5. The minimum atomic E-state index is 0.0256. The van der Waals surface area contributed by atoms with Crippen LogP contribution in [0.5, 0.6) is 0 Å². The van der Waals surface area contributed by atoms with Crippen LogP contribution in [0.3, 0.4) is 0 Å². The lowest BCUT2D eigenvalue weighted by atomic mass is 10.2. The van der Waals surface area contributed by atoms with Crippen LogP contribution in [0.2, 0.25) is 0 Å². The number of nitrogens with zero attached hydrogens (tertiary/aromatic N) is 4. The van der Waals surface area contributed by atoms with Gasteiger partial charge in [-0.25, -0.2) is 4.98 Å². The lowest BCUT2D eigenvalue weighted by Gasteiger charge is -2.35. The van der Waals surface area contributed by atoms with Gasteiger partial charge in [0.1, 0.15) is 0 Å². The van der Waals surface area contributed by atoms with E-state index in [1.807, 2.05) is 25.4 Å². The number of thiazole rings is 1. The molecule has 7 nitrogen and oxygen atoms in total. The molecule has 0 aromatic carbocycles. The summed E-state index contributed by atoms with van der Waals surface area (Å²) in [7, 11) is 0. The second-order valence-electron chi connectivity index (χ2n) is 5.83. The first-order chi connectivity index (χ1) is 11.1. The van der Waals surface area contributed by atoms with Gasteiger partial charge in [0, 0.05) is 56.8 Å². The zero-order valence-corrected chi connectivity index (χ0v) is 14.7. The molecule has 0 spiro atoms. The van der Waals surface area contributed by atoms with Crippen molar-refractivity contribution in [3.05, 3.63) is 11.6 Å². The van der Waals surface area contributed by atoms with Gasteiger partial charge in [0.15, 0.2) is 11.1 Å². The van der Waals surface area contributed by atoms with Crippen molar-refractivity contribution in [2.24, 2.45) is 16.6 Å². The Morgan fingerprint density at radius 2 is 2.17 bits per heavy atom. The van der Waals surface area contributed by atoms with E-state index in [1.165, 1.54) is 0 Å². The summed E-state index contributed by atoms with van der Waals surface area (Å²) in [5, 5.41) is 5.95. The normalized spacial score (nSPS) is 16.0. The second-order valence-corrected chi connectivity index (χ2v) is 6.70. The van der Waals surface area contributed by atoms with E-state index in [0.29, 0.717) is 19.0 Å². The maximum atomic E-state index is 11.4. The molecule has 2 rings (SSSR count). The van der Waals surface area contributed by atoms with Crippen molar-refractivity contribution in [3.8, 4) is 0 Å². The number of carbonyl (C=O) groups is 1. The van der Waals surface area contributed by atoms with E-state index in [0.717, 1.165) is 37.7 Å². The van der Waals surface area contributed by atoms with Gasteiger partial charge in [-0.15, -0.1) is 11.3 Å². The number of aromatic nitrogens is 1. The van der Waals surface area contributed by atoms with E-state index in [4.69, 9.17) is 5.73 Å². The largest absolute Gasteiger partial charge is 0.370 e. The first-order valence-electron chi connectivity index (χ1n) is 8.05. The van der Waals surface area contributed by atoms with Gasteiger partial charge in [0.2, 0.25) is 5.91 Å². The minimum absolute atomic E-state index is 0.0256. The van der Waals surface area contributed by atoms with Gasteiger partial charge in [-0.2, -0.15) is 0 Å². The van der Waals surface area contributed by atoms with Crippen LogP contribution in [0.25, 0.3) is 0 Å². The van der Waals surface area contributed by atoms with Crippen LogP contribution in [-0.4, -0.2) is 61.0 Å². The number of hydrogen-bond donors (Lipinski definition) is 2. The first-order valence-corrected chi connectivity index (χ1v) is 8.93. The Hall–Kier alpha value is -1.83. The van der Waals surface area contributed by atoms with E-state index in [2.05, 4.69) is 25.1 Å². The molecular formula is C15H26N6OS. The number of amides is 1. The van der Waals surface area contributed by atoms with Crippen LogP contribution < -0.4 is 16.0 Å². The molecule has 0 aliphatic carbocycles. The molecule has 1 amide bonds. The second kappa shape index (κ2) is 8.71. The molecule has 1 aromatic heterocycles. The summed E-state index contributed by atoms with van der Waals surface area (Å²) in [6.07, 6.45) is 2.64. The molecule has 0 unspecified atom stereocenters. The average molecular weight is 338 g/mol. The van der Waals surface area contributed by atoms with Crippen molar-refractivity contribution < 1.29 is 4.79 Å². The Labute approximate surface area is 141 Å². The number of rotatable bonds is 6. The summed E-state index contributed by atoms with van der Waals surface area (Å²) in [4.78, 5) is 24.6. The van der Waals surface area contributed by atoms with Crippen LogP contribution in [0, 0.1) is 5.92 Å². The lowest BCUT2D eigenvalue weighted by molar-refractivity contribution is -0.123. The predicted molar refractivity (Wildman–Crippen MR) is 94.9 cm³/mol. The molecule has 128 valence electrons. The molecule has 1 aromatic rings.